The molecule has 3 heterocycles. The molecule has 1 saturated heterocycles. The molecule has 4 rings (SSSR count). The van der Waals surface area contributed by atoms with Crippen LogP contribution in [-0.4, -0.2) is 28.3 Å². The van der Waals surface area contributed by atoms with E-state index in [0.717, 1.165) is 11.3 Å². The van der Waals surface area contributed by atoms with E-state index in [9.17, 15) is 9.59 Å². The maximum Gasteiger partial charge on any atom is 0.231 e. The van der Waals surface area contributed by atoms with Gasteiger partial charge in [0.2, 0.25) is 11.8 Å². The largest absolute Gasteiger partial charge is 0.310 e. The predicted octanol–water partition coefficient (Wildman–Crippen LogP) is 3.85. The standard InChI is InChI=1S/C19H15ClN4O2S/c20-14-5-1-2-6-16(14)24-10-13(8-17(24)25)18(26)23-19-22-15(11-27-19)12-4-3-7-21-9-12/h1-7,9,11,13H,8,10H2,(H,22,23,26)/t13-/m0/s1. The molecular weight excluding hydrogens is 384 g/mol. The molecule has 1 atom stereocenters. The Labute approximate surface area is 164 Å². The molecule has 0 radical (unpaired) electrons. The minimum atomic E-state index is -0.445. The molecular formula is C19H15ClN4O2S. The normalized spacial score (nSPS) is 16.6. The monoisotopic (exact) mass is 398 g/mol. The Bertz CT molecular complexity index is 992. The van der Waals surface area contributed by atoms with Crippen molar-refractivity contribution in [3.8, 4) is 11.3 Å². The molecule has 3 aromatic rings. The molecule has 2 aromatic heterocycles. The number of carbonyl (C=O) groups is 2. The van der Waals surface area contributed by atoms with Crippen molar-refractivity contribution >= 4 is 45.6 Å². The van der Waals surface area contributed by atoms with E-state index in [1.165, 1.54) is 11.3 Å². The third-order valence-electron chi connectivity index (χ3n) is 4.33. The lowest BCUT2D eigenvalue weighted by Gasteiger charge is -2.17. The van der Waals surface area contributed by atoms with Crippen LogP contribution in [0.5, 0.6) is 0 Å². The van der Waals surface area contributed by atoms with Gasteiger partial charge in [0.15, 0.2) is 5.13 Å². The summed E-state index contributed by atoms with van der Waals surface area (Å²) in [4.78, 5) is 35.0. The summed E-state index contributed by atoms with van der Waals surface area (Å²) in [5, 5.41) is 5.68. The van der Waals surface area contributed by atoms with Crippen molar-refractivity contribution in [3.05, 3.63) is 59.2 Å². The van der Waals surface area contributed by atoms with Gasteiger partial charge in [-0.1, -0.05) is 23.7 Å². The van der Waals surface area contributed by atoms with Gasteiger partial charge in [-0.05, 0) is 24.3 Å². The molecule has 2 amide bonds. The lowest BCUT2D eigenvalue weighted by molar-refractivity contribution is -0.122. The quantitative estimate of drug-likeness (QED) is 0.724. The van der Waals surface area contributed by atoms with Gasteiger partial charge < -0.3 is 10.2 Å². The number of amides is 2. The van der Waals surface area contributed by atoms with Crippen molar-refractivity contribution in [2.75, 3.05) is 16.8 Å². The van der Waals surface area contributed by atoms with E-state index in [4.69, 9.17) is 11.6 Å². The number of benzene rings is 1. The molecule has 1 aromatic carbocycles. The van der Waals surface area contributed by atoms with Crippen molar-refractivity contribution in [1.29, 1.82) is 0 Å². The first-order valence-electron chi connectivity index (χ1n) is 8.33. The number of thiazole rings is 1. The van der Waals surface area contributed by atoms with Gasteiger partial charge in [0.1, 0.15) is 0 Å². The Morgan fingerprint density at radius 3 is 2.89 bits per heavy atom. The highest BCUT2D eigenvalue weighted by Crippen LogP contribution is 2.32. The van der Waals surface area contributed by atoms with Gasteiger partial charge >= 0.3 is 0 Å². The molecule has 1 aliphatic heterocycles. The van der Waals surface area contributed by atoms with Gasteiger partial charge in [-0.3, -0.25) is 14.6 Å². The number of para-hydroxylation sites is 1. The summed E-state index contributed by atoms with van der Waals surface area (Å²) in [6.45, 7) is 0.301. The van der Waals surface area contributed by atoms with Gasteiger partial charge in [0.05, 0.1) is 22.3 Å². The van der Waals surface area contributed by atoms with Gasteiger partial charge in [-0.25, -0.2) is 4.98 Å². The van der Waals surface area contributed by atoms with E-state index in [2.05, 4.69) is 15.3 Å². The molecule has 0 spiro atoms. The Hall–Kier alpha value is -2.77. The average molecular weight is 399 g/mol. The van der Waals surface area contributed by atoms with Crippen LogP contribution in [0.2, 0.25) is 5.02 Å². The van der Waals surface area contributed by atoms with Gasteiger partial charge in [0.25, 0.3) is 0 Å². The minimum absolute atomic E-state index is 0.113. The third kappa shape index (κ3) is 3.70. The number of halogens is 1. The summed E-state index contributed by atoms with van der Waals surface area (Å²) >= 11 is 7.52. The molecule has 0 saturated carbocycles. The zero-order valence-corrected chi connectivity index (χ0v) is 15.7. The molecule has 6 nitrogen and oxygen atoms in total. The van der Waals surface area contributed by atoms with E-state index in [1.807, 2.05) is 23.6 Å². The molecule has 1 fully saturated rings. The second kappa shape index (κ2) is 7.46. The summed E-state index contributed by atoms with van der Waals surface area (Å²) in [5.74, 6) is -0.775. The molecule has 1 aliphatic rings. The van der Waals surface area contributed by atoms with E-state index in [1.54, 1.807) is 35.5 Å². The van der Waals surface area contributed by atoms with Crippen LogP contribution in [0.1, 0.15) is 6.42 Å². The number of nitrogens with zero attached hydrogens (tertiary/aromatic N) is 3. The van der Waals surface area contributed by atoms with Crippen LogP contribution in [0.4, 0.5) is 10.8 Å². The molecule has 0 aliphatic carbocycles. The second-order valence-corrected chi connectivity index (χ2v) is 7.39. The number of pyridine rings is 1. The number of carbonyl (C=O) groups excluding carboxylic acids is 2. The average Bonchev–Trinajstić information content (AvgIpc) is 3.30. The Morgan fingerprint density at radius 1 is 1.26 bits per heavy atom. The summed E-state index contributed by atoms with van der Waals surface area (Å²) < 4.78 is 0. The first kappa shape index (κ1) is 17.6. The fourth-order valence-corrected chi connectivity index (χ4v) is 3.93. The highest BCUT2D eigenvalue weighted by Gasteiger charge is 2.36. The molecule has 8 heteroatoms. The van der Waals surface area contributed by atoms with E-state index >= 15 is 0 Å². The zero-order chi connectivity index (χ0) is 18.8. The van der Waals surface area contributed by atoms with E-state index in [0.29, 0.717) is 22.4 Å². The van der Waals surface area contributed by atoms with Gasteiger partial charge in [-0.2, -0.15) is 0 Å². The van der Waals surface area contributed by atoms with Crippen LogP contribution in [0.15, 0.2) is 54.2 Å². The zero-order valence-electron chi connectivity index (χ0n) is 14.1. The van der Waals surface area contributed by atoms with Crippen LogP contribution in [0, 0.1) is 5.92 Å². The fourth-order valence-electron chi connectivity index (χ4n) is 2.97. The van der Waals surface area contributed by atoms with E-state index < -0.39 is 5.92 Å². The number of nitrogens with one attached hydrogen (secondary N) is 1. The number of aromatic nitrogens is 2. The van der Waals surface area contributed by atoms with Crippen molar-refractivity contribution in [3.63, 3.8) is 0 Å². The van der Waals surface area contributed by atoms with Crippen LogP contribution in [-0.2, 0) is 9.59 Å². The number of anilines is 2. The van der Waals surface area contributed by atoms with Crippen molar-refractivity contribution in [2.45, 2.75) is 6.42 Å². The smallest absolute Gasteiger partial charge is 0.231 e. The highest BCUT2D eigenvalue weighted by molar-refractivity contribution is 7.14. The lowest BCUT2D eigenvalue weighted by atomic mass is 10.1. The second-order valence-electron chi connectivity index (χ2n) is 6.13. The summed E-state index contributed by atoms with van der Waals surface area (Å²) in [6, 6.07) is 10.9. The third-order valence-corrected chi connectivity index (χ3v) is 5.41. The Morgan fingerprint density at radius 2 is 2.11 bits per heavy atom. The first-order chi connectivity index (χ1) is 13.1. The molecule has 1 N–H and O–H groups in total. The summed E-state index contributed by atoms with van der Waals surface area (Å²) in [7, 11) is 0. The SMILES string of the molecule is O=C(Nc1nc(-c2cccnc2)cs1)[C@H]1CC(=O)N(c2ccccc2Cl)C1. The van der Waals surface area contributed by atoms with Crippen LogP contribution in [0.25, 0.3) is 11.3 Å². The van der Waals surface area contributed by atoms with Crippen LogP contribution < -0.4 is 10.2 Å². The summed E-state index contributed by atoms with van der Waals surface area (Å²) in [5.41, 5.74) is 2.27. The molecule has 0 unspecified atom stereocenters. The number of hydrogen-bond acceptors (Lipinski definition) is 5. The van der Waals surface area contributed by atoms with Crippen LogP contribution in [0.3, 0.4) is 0 Å². The number of hydrogen-bond donors (Lipinski definition) is 1. The molecule has 0 bridgehead atoms. The van der Waals surface area contributed by atoms with Gasteiger partial charge in [0, 0.05) is 36.3 Å². The highest BCUT2D eigenvalue weighted by atomic mass is 35.5. The fraction of sp³-hybridized carbons (Fsp3) is 0.158. The first-order valence-corrected chi connectivity index (χ1v) is 9.59. The maximum atomic E-state index is 12.6. The predicted molar refractivity (Wildman–Crippen MR) is 106 cm³/mol. The molecule has 27 heavy (non-hydrogen) atoms. The Balaban J connectivity index is 1.45. The lowest BCUT2D eigenvalue weighted by Crippen LogP contribution is -2.28. The van der Waals surface area contributed by atoms with Gasteiger partial charge in [-0.15, -0.1) is 11.3 Å². The Kier molecular flexibility index (Phi) is 4.87. The van der Waals surface area contributed by atoms with Crippen molar-refractivity contribution in [2.24, 2.45) is 5.92 Å². The van der Waals surface area contributed by atoms with Crippen LogP contribution >= 0.6 is 22.9 Å². The van der Waals surface area contributed by atoms with Crippen molar-refractivity contribution in [1.82, 2.24) is 9.97 Å². The van der Waals surface area contributed by atoms with E-state index in [-0.39, 0.29) is 18.2 Å². The topological polar surface area (TPSA) is 75.2 Å². The van der Waals surface area contributed by atoms with Crippen molar-refractivity contribution < 1.29 is 9.59 Å². The maximum absolute atomic E-state index is 12.6. The summed E-state index contributed by atoms with van der Waals surface area (Å²) in [6.07, 6.45) is 3.57. The molecule has 136 valence electrons. The minimum Gasteiger partial charge on any atom is -0.310 e. The number of rotatable bonds is 4.